The minimum Gasteiger partial charge on any atom is -0.310 e. The molecule has 0 fully saturated rings. The van der Waals surface area contributed by atoms with Crippen LogP contribution in [-0.2, 0) is 10.8 Å². The van der Waals surface area contributed by atoms with Crippen molar-refractivity contribution in [2.75, 3.05) is 4.90 Å². The summed E-state index contributed by atoms with van der Waals surface area (Å²) in [6, 6.07) is 92.3. The highest BCUT2D eigenvalue weighted by atomic mass is 15.1. The van der Waals surface area contributed by atoms with Crippen LogP contribution >= 0.6 is 0 Å². The van der Waals surface area contributed by atoms with Gasteiger partial charge in [-0.05, 0) is 102 Å². The van der Waals surface area contributed by atoms with E-state index in [0.29, 0.717) is 0 Å². The van der Waals surface area contributed by atoms with Gasteiger partial charge in [-0.2, -0.15) is 0 Å². The number of para-hydroxylation sites is 1. The largest absolute Gasteiger partial charge is 0.310 e. The molecule has 12 rings (SSSR count). The summed E-state index contributed by atoms with van der Waals surface area (Å²) in [5, 5.41) is 2.51. The lowest BCUT2D eigenvalue weighted by atomic mass is 9.67. The number of hydrogen-bond acceptors (Lipinski definition) is 1. The molecule has 0 atom stereocenters. The van der Waals surface area contributed by atoms with Crippen molar-refractivity contribution in [1.29, 1.82) is 0 Å². The molecule has 0 saturated heterocycles. The van der Waals surface area contributed by atoms with Gasteiger partial charge in [0.25, 0.3) is 0 Å². The molecule has 0 unspecified atom stereocenters. The van der Waals surface area contributed by atoms with Crippen LogP contribution in [0, 0.1) is 0 Å². The Morgan fingerprint density at radius 3 is 1.44 bits per heavy atom. The van der Waals surface area contributed by atoms with E-state index in [-0.39, 0.29) is 0 Å². The first kappa shape index (κ1) is 35.2. The van der Waals surface area contributed by atoms with Crippen LogP contribution in [0.1, 0.15) is 44.5 Å². The van der Waals surface area contributed by atoms with E-state index in [0.717, 1.165) is 17.1 Å². The van der Waals surface area contributed by atoms with Crippen LogP contribution in [0.5, 0.6) is 0 Å². The molecule has 0 aromatic heterocycles. The van der Waals surface area contributed by atoms with Crippen molar-refractivity contribution >= 4 is 27.8 Å². The van der Waals surface area contributed by atoms with E-state index in [4.69, 9.17) is 0 Å². The lowest BCUT2D eigenvalue weighted by Gasteiger charge is -2.38. The topological polar surface area (TPSA) is 3.24 Å². The van der Waals surface area contributed by atoms with Crippen LogP contribution in [0.15, 0.2) is 249 Å². The summed E-state index contributed by atoms with van der Waals surface area (Å²) in [5.41, 5.74) is 17.5. The second-order valence-corrected chi connectivity index (χ2v) is 16.3. The highest BCUT2D eigenvalue weighted by molar-refractivity contribution is 6.06. The molecular weight excluding hydrogens is 735 g/mol. The van der Waals surface area contributed by atoms with Crippen molar-refractivity contribution in [2.45, 2.75) is 10.8 Å². The molecule has 2 aliphatic carbocycles. The van der Waals surface area contributed by atoms with Crippen molar-refractivity contribution in [3.05, 3.63) is 293 Å². The first-order valence-corrected chi connectivity index (χ1v) is 21.3. The third kappa shape index (κ3) is 5.01. The van der Waals surface area contributed by atoms with Gasteiger partial charge in [-0.15, -0.1) is 0 Å². The summed E-state index contributed by atoms with van der Waals surface area (Å²) in [4.78, 5) is 2.53. The second-order valence-electron chi connectivity index (χ2n) is 16.3. The summed E-state index contributed by atoms with van der Waals surface area (Å²) >= 11 is 0. The van der Waals surface area contributed by atoms with E-state index in [2.05, 4.69) is 254 Å². The zero-order chi connectivity index (χ0) is 40.4. The monoisotopic (exact) mass is 775 g/mol. The summed E-state index contributed by atoms with van der Waals surface area (Å²) in [7, 11) is 0. The number of fused-ring (bicyclic) bond motifs is 8. The Labute approximate surface area is 357 Å². The van der Waals surface area contributed by atoms with Gasteiger partial charge in [0.05, 0.1) is 16.5 Å². The predicted octanol–water partition coefficient (Wildman–Crippen LogP) is 15.0. The minimum absolute atomic E-state index is 0.529. The quantitative estimate of drug-likeness (QED) is 0.156. The van der Waals surface area contributed by atoms with Gasteiger partial charge in [0.2, 0.25) is 0 Å². The molecule has 0 bridgehead atoms. The molecular formula is C60H41N. The van der Waals surface area contributed by atoms with E-state index in [1.165, 1.54) is 77.5 Å². The van der Waals surface area contributed by atoms with E-state index < -0.39 is 10.8 Å². The Balaban J connectivity index is 1.20. The Morgan fingerprint density at radius 2 is 0.803 bits per heavy atom. The Kier molecular flexibility index (Phi) is 8.05. The summed E-state index contributed by atoms with van der Waals surface area (Å²) < 4.78 is 0. The number of anilines is 3. The Morgan fingerprint density at radius 1 is 0.295 bits per heavy atom. The molecule has 0 saturated carbocycles. The Bertz CT molecular complexity index is 3150. The van der Waals surface area contributed by atoms with E-state index in [1.54, 1.807) is 0 Å². The van der Waals surface area contributed by atoms with Gasteiger partial charge in [-0.3, -0.25) is 0 Å². The smallest absolute Gasteiger partial charge is 0.0734 e. The molecule has 0 aliphatic heterocycles. The molecule has 0 N–H and O–H groups in total. The maximum Gasteiger partial charge on any atom is 0.0734 e. The van der Waals surface area contributed by atoms with Crippen molar-refractivity contribution in [1.82, 2.24) is 0 Å². The molecule has 61 heavy (non-hydrogen) atoms. The molecule has 0 spiro atoms. The van der Waals surface area contributed by atoms with Crippen molar-refractivity contribution in [2.24, 2.45) is 0 Å². The van der Waals surface area contributed by atoms with Crippen molar-refractivity contribution in [3.63, 3.8) is 0 Å². The number of hydrogen-bond donors (Lipinski definition) is 0. The fraction of sp³-hybridized carbons (Fsp3) is 0.0333. The van der Waals surface area contributed by atoms with Crippen LogP contribution in [0.25, 0.3) is 33.0 Å². The van der Waals surface area contributed by atoms with Crippen LogP contribution in [-0.4, -0.2) is 0 Å². The predicted molar refractivity (Wildman–Crippen MR) is 253 cm³/mol. The molecule has 0 radical (unpaired) electrons. The van der Waals surface area contributed by atoms with Gasteiger partial charge < -0.3 is 4.90 Å². The molecule has 1 nitrogen and oxygen atoms in total. The van der Waals surface area contributed by atoms with E-state index in [1.807, 2.05) is 0 Å². The Hall–Kier alpha value is -7.74. The molecule has 2 aliphatic rings. The maximum absolute atomic E-state index is 2.53. The fourth-order valence-corrected chi connectivity index (χ4v) is 11.1. The van der Waals surface area contributed by atoms with E-state index in [9.17, 15) is 0 Å². The lowest BCUT2D eigenvalue weighted by Crippen LogP contribution is -2.31. The van der Waals surface area contributed by atoms with Gasteiger partial charge >= 0.3 is 0 Å². The van der Waals surface area contributed by atoms with Crippen LogP contribution < -0.4 is 4.90 Å². The first-order valence-electron chi connectivity index (χ1n) is 21.3. The van der Waals surface area contributed by atoms with Crippen LogP contribution in [0.3, 0.4) is 0 Å². The first-order chi connectivity index (χ1) is 30.3. The van der Waals surface area contributed by atoms with Gasteiger partial charge in [0, 0.05) is 16.9 Å². The van der Waals surface area contributed by atoms with Gasteiger partial charge in [-0.25, -0.2) is 0 Å². The van der Waals surface area contributed by atoms with Gasteiger partial charge in [-0.1, -0.05) is 218 Å². The minimum atomic E-state index is -0.619. The average Bonchev–Trinajstić information content (AvgIpc) is 3.82. The number of nitrogens with zero attached hydrogens (tertiary/aromatic N) is 1. The maximum atomic E-state index is 2.53. The molecule has 0 amide bonds. The van der Waals surface area contributed by atoms with Gasteiger partial charge in [0.1, 0.15) is 0 Å². The fourth-order valence-electron chi connectivity index (χ4n) is 11.1. The van der Waals surface area contributed by atoms with Crippen molar-refractivity contribution < 1.29 is 0 Å². The van der Waals surface area contributed by atoms with Crippen molar-refractivity contribution in [3.8, 4) is 22.3 Å². The molecule has 0 heterocycles. The molecule has 286 valence electrons. The normalized spacial score (nSPS) is 13.8. The third-order valence-corrected chi connectivity index (χ3v) is 13.4. The number of benzene rings is 10. The van der Waals surface area contributed by atoms with E-state index >= 15 is 0 Å². The highest BCUT2D eigenvalue weighted by Gasteiger charge is 2.50. The zero-order valence-electron chi connectivity index (χ0n) is 33.6. The SMILES string of the molecule is c1ccc(N(c2ccc3c(c2)C(c2ccccc2)(c2ccccc2)c2ccccc2-3)c2cccc3c2C(c2ccccc2)(c2ccccc2)c2ccc4ccccc4c2-3)cc1. The lowest BCUT2D eigenvalue weighted by molar-refractivity contribution is 0.766. The summed E-state index contributed by atoms with van der Waals surface area (Å²) in [6.07, 6.45) is 0. The average molecular weight is 776 g/mol. The summed E-state index contributed by atoms with van der Waals surface area (Å²) in [5.74, 6) is 0. The van der Waals surface area contributed by atoms with Gasteiger partial charge in [0.15, 0.2) is 0 Å². The summed E-state index contributed by atoms with van der Waals surface area (Å²) in [6.45, 7) is 0. The van der Waals surface area contributed by atoms with Crippen LogP contribution in [0.2, 0.25) is 0 Å². The number of rotatable bonds is 7. The standard InChI is InChI=1S/C60H41N/c1-6-22-43(23-7-1)59(44-24-8-2-9-25-44)53-35-19-18-33-50(53)51-39-38-48(41-55(51)59)61(47-30-14-5-15-31-47)56-36-20-34-52-57-49-32-17-16-21-42(49)37-40-54(57)60(58(52)56,45-26-10-3-11-27-45)46-28-12-4-13-29-46/h1-41H. The second kappa shape index (κ2) is 13.9. The third-order valence-electron chi connectivity index (χ3n) is 13.4. The molecule has 1 heteroatoms. The van der Waals surface area contributed by atoms with Crippen LogP contribution in [0.4, 0.5) is 17.1 Å². The zero-order valence-corrected chi connectivity index (χ0v) is 33.6. The molecule has 10 aromatic rings. The molecule has 10 aromatic carbocycles. The highest BCUT2D eigenvalue weighted by Crippen LogP contribution is 2.62.